The molecule has 0 aromatic heterocycles. The van der Waals surface area contributed by atoms with E-state index in [-0.39, 0.29) is 6.61 Å². The summed E-state index contributed by atoms with van der Waals surface area (Å²) < 4.78 is 11.0. The zero-order chi connectivity index (χ0) is 12.9. The van der Waals surface area contributed by atoms with Gasteiger partial charge < -0.3 is 19.7 Å². The molecule has 1 aliphatic rings. The van der Waals surface area contributed by atoms with Crippen molar-refractivity contribution in [3.63, 3.8) is 0 Å². The third kappa shape index (κ3) is 4.14. The van der Waals surface area contributed by atoms with Gasteiger partial charge >= 0.3 is 0 Å². The lowest BCUT2D eigenvalue weighted by Crippen LogP contribution is -2.36. The van der Waals surface area contributed by atoms with Gasteiger partial charge in [0.1, 0.15) is 18.3 Å². The van der Waals surface area contributed by atoms with Crippen LogP contribution < -0.4 is 0 Å². The number of allylic oxidation sites excluding steroid dienone is 2. The van der Waals surface area contributed by atoms with Crippen molar-refractivity contribution in [1.82, 2.24) is 0 Å². The van der Waals surface area contributed by atoms with Crippen LogP contribution in [0.4, 0.5) is 0 Å². The fourth-order valence-corrected chi connectivity index (χ4v) is 1.66. The standard InChI is InChI=1S/C13H20O4/c1-4-5-6-7-8-10(15)12-11(9-14)16-13(2,3)17-12/h5-6,10-12,14-15H,4,9H2,1-3H3/b6-5+/t10-,11?,12?/m0/s1. The Morgan fingerprint density at radius 3 is 2.71 bits per heavy atom. The SMILES string of the molecule is CC/C=C/C#C[C@H](O)C1OC(C)(C)OC1CO. The third-order valence-corrected chi connectivity index (χ3v) is 2.38. The van der Waals surface area contributed by atoms with E-state index in [1.54, 1.807) is 19.9 Å². The average molecular weight is 240 g/mol. The minimum atomic E-state index is -0.963. The van der Waals surface area contributed by atoms with Gasteiger partial charge in [-0.25, -0.2) is 0 Å². The summed E-state index contributed by atoms with van der Waals surface area (Å²) in [4.78, 5) is 0. The van der Waals surface area contributed by atoms with E-state index in [2.05, 4.69) is 11.8 Å². The number of aliphatic hydroxyl groups excluding tert-OH is 2. The van der Waals surface area contributed by atoms with Crippen molar-refractivity contribution in [3.8, 4) is 11.8 Å². The fraction of sp³-hybridized carbons (Fsp3) is 0.692. The maximum atomic E-state index is 9.86. The molecule has 1 heterocycles. The van der Waals surface area contributed by atoms with Gasteiger partial charge in [0.2, 0.25) is 0 Å². The van der Waals surface area contributed by atoms with Crippen molar-refractivity contribution in [1.29, 1.82) is 0 Å². The summed E-state index contributed by atoms with van der Waals surface area (Å²) in [5, 5.41) is 19.0. The second-order valence-corrected chi connectivity index (χ2v) is 4.37. The second-order valence-electron chi connectivity index (χ2n) is 4.37. The first kappa shape index (κ1) is 14.2. The van der Waals surface area contributed by atoms with Crippen molar-refractivity contribution in [2.75, 3.05) is 6.61 Å². The average Bonchev–Trinajstić information content (AvgIpc) is 2.60. The minimum absolute atomic E-state index is 0.197. The number of hydrogen-bond donors (Lipinski definition) is 2. The third-order valence-electron chi connectivity index (χ3n) is 2.38. The van der Waals surface area contributed by atoms with Crippen LogP contribution in [0.15, 0.2) is 12.2 Å². The van der Waals surface area contributed by atoms with Crippen LogP contribution in [0, 0.1) is 11.8 Å². The molecule has 1 aliphatic heterocycles. The van der Waals surface area contributed by atoms with Crippen LogP contribution in [-0.2, 0) is 9.47 Å². The van der Waals surface area contributed by atoms with E-state index < -0.39 is 24.1 Å². The first-order chi connectivity index (χ1) is 8.00. The van der Waals surface area contributed by atoms with Crippen molar-refractivity contribution in [2.45, 2.75) is 51.3 Å². The molecule has 2 unspecified atom stereocenters. The maximum Gasteiger partial charge on any atom is 0.164 e. The zero-order valence-corrected chi connectivity index (χ0v) is 10.5. The van der Waals surface area contributed by atoms with Gasteiger partial charge in [-0.2, -0.15) is 0 Å². The Balaban J connectivity index is 2.64. The monoisotopic (exact) mass is 240 g/mol. The van der Waals surface area contributed by atoms with Gasteiger partial charge in [-0.15, -0.1) is 0 Å². The Morgan fingerprint density at radius 1 is 1.41 bits per heavy atom. The molecule has 0 spiro atoms. The van der Waals surface area contributed by atoms with E-state index >= 15 is 0 Å². The largest absolute Gasteiger partial charge is 0.394 e. The summed E-state index contributed by atoms with van der Waals surface area (Å²) in [5.41, 5.74) is 0. The lowest BCUT2D eigenvalue weighted by atomic mass is 10.1. The molecule has 0 amide bonds. The summed E-state index contributed by atoms with van der Waals surface area (Å²) in [5.74, 6) is 4.61. The highest BCUT2D eigenvalue weighted by molar-refractivity contribution is 5.19. The normalized spacial score (nSPS) is 29.0. The molecule has 1 rings (SSSR count). The van der Waals surface area contributed by atoms with Gasteiger partial charge in [0, 0.05) is 0 Å². The van der Waals surface area contributed by atoms with Crippen LogP contribution >= 0.6 is 0 Å². The Kier molecular flexibility index (Phi) is 5.16. The zero-order valence-electron chi connectivity index (χ0n) is 10.5. The van der Waals surface area contributed by atoms with Gasteiger partial charge in [-0.05, 0) is 26.3 Å². The van der Waals surface area contributed by atoms with Crippen molar-refractivity contribution < 1.29 is 19.7 Å². The molecule has 0 aliphatic carbocycles. The number of hydrogen-bond acceptors (Lipinski definition) is 4. The summed E-state index contributed by atoms with van der Waals surface area (Å²) in [6.45, 7) is 5.30. The molecule has 4 heteroatoms. The molecule has 0 saturated carbocycles. The first-order valence-electron chi connectivity index (χ1n) is 5.81. The van der Waals surface area contributed by atoms with Crippen molar-refractivity contribution in [3.05, 3.63) is 12.2 Å². The van der Waals surface area contributed by atoms with Crippen molar-refractivity contribution >= 4 is 0 Å². The lowest BCUT2D eigenvalue weighted by molar-refractivity contribution is -0.154. The molecule has 1 saturated heterocycles. The van der Waals surface area contributed by atoms with Gasteiger partial charge in [0.15, 0.2) is 5.79 Å². The molecular formula is C13H20O4. The van der Waals surface area contributed by atoms with Gasteiger partial charge in [-0.3, -0.25) is 0 Å². The summed E-state index contributed by atoms with van der Waals surface area (Å²) in [6.07, 6.45) is 2.38. The Labute approximate surface area is 102 Å². The van der Waals surface area contributed by atoms with E-state index in [1.165, 1.54) is 0 Å². The number of ether oxygens (including phenoxy) is 2. The topological polar surface area (TPSA) is 58.9 Å². The summed E-state index contributed by atoms with van der Waals surface area (Å²) in [6, 6.07) is 0. The smallest absolute Gasteiger partial charge is 0.164 e. The molecule has 2 N–H and O–H groups in total. The lowest BCUT2D eigenvalue weighted by Gasteiger charge is -2.17. The summed E-state index contributed by atoms with van der Waals surface area (Å²) >= 11 is 0. The number of rotatable bonds is 3. The van der Waals surface area contributed by atoms with Crippen LogP contribution in [0.2, 0.25) is 0 Å². The highest BCUT2D eigenvalue weighted by Gasteiger charge is 2.44. The molecule has 96 valence electrons. The van der Waals surface area contributed by atoms with Crippen LogP contribution in [0.3, 0.4) is 0 Å². The predicted octanol–water partition coefficient (Wildman–Crippen LogP) is 0.829. The van der Waals surface area contributed by atoms with Gasteiger partial charge in [0.25, 0.3) is 0 Å². The van der Waals surface area contributed by atoms with Crippen LogP contribution in [0.5, 0.6) is 0 Å². The van der Waals surface area contributed by atoms with Gasteiger partial charge in [-0.1, -0.05) is 24.8 Å². The quantitative estimate of drug-likeness (QED) is 0.717. The molecule has 0 aromatic rings. The summed E-state index contributed by atoms with van der Waals surface area (Å²) in [7, 11) is 0. The maximum absolute atomic E-state index is 9.86. The Hall–Kier alpha value is -0.860. The molecule has 4 nitrogen and oxygen atoms in total. The molecule has 0 aromatic carbocycles. The van der Waals surface area contributed by atoms with Crippen LogP contribution in [0.1, 0.15) is 27.2 Å². The second kappa shape index (κ2) is 6.18. The Bertz CT molecular complexity index is 324. The van der Waals surface area contributed by atoms with Crippen molar-refractivity contribution in [2.24, 2.45) is 0 Å². The van der Waals surface area contributed by atoms with E-state index in [0.717, 1.165) is 6.42 Å². The minimum Gasteiger partial charge on any atom is -0.394 e. The first-order valence-corrected chi connectivity index (χ1v) is 5.81. The molecule has 0 bridgehead atoms. The molecule has 3 atom stereocenters. The van der Waals surface area contributed by atoms with E-state index in [0.29, 0.717) is 0 Å². The number of aliphatic hydroxyl groups is 2. The van der Waals surface area contributed by atoms with Crippen LogP contribution in [-0.4, -0.2) is 40.9 Å². The van der Waals surface area contributed by atoms with E-state index in [1.807, 2.05) is 13.0 Å². The molecular weight excluding hydrogens is 220 g/mol. The van der Waals surface area contributed by atoms with E-state index in [9.17, 15) is 5.11 Å². The molecule has 17 heavy (non-hydrogen) atoms. The molecule has 0 radical (unpaired) electrons. The Morgan fingerprint density at radius 2 is 2.12 bits per heavy atom. The predicted molar refractivity (Wildman–Crippen MR) is 64.1 cm³/mol. The van der Waals surface area contributed by atoms with Crippen LogP contribution in [0.25, 0.3) is 0 Å². The fourth-order valence-electron chi connectivity index (χ4n) is 1.66. The highest BCUT2D eigenvalue weighted by atomic mass is 16.8. The van der Waals surface area contributed by atoms with Gasteiger partial charge in [0.05, 0.1) is 6.61 Å². The highest BCUT2D eigenvalue weighted by Crippen LogP contribution is 2.29. The molecule has 1 fully saturated rings. The van der Waals surface area contributed by atoms with E-state index in [4.69, 9.17) is 14.6 Å².